The molecule has 104 valence electrons. The molecule has 1 fully saturated rings. The average molecular weight is 268 g/mol. The molecule has 0 radical (unpaired) electrons. The zero-order chi connectivity index (χ0) is 13.7. The van der Waals surface area contributed by atoms with Gasteiger partial charge in [-0.15, -0.1) is 0 Å². The van der Waals surface area contributed by atoms with Gasteiger partial charge in [-0.25, -0.2) is 4.79 Å². The van der Waals surface area contributed by atoms with Crippen molar-refractivity contribution in [2.75, 3.05) is 19.8 Å². The molecular weight excluding hydrogens is 252 g/mol. The lowest BCUT2D eigenvalue weighted by Gasteiger charge is -2.34. The lowest BCUT2D eigenvalue weighted by atomic mass is 10.1. The highest BCUT2D eigenvalue weighted by Crippen LogP contribution is 2.11. The second-order valence-electron chi connectivity index (χ2n) is 4.26. The zero-order valence-electron chi connectivity index (χ0n) is 10.4. The number of hydrogen-bond donors (Lipinski definition) is 2. The molecule has 1 unspecified atom stereocenters. The van der Waals surface area contributed by atoms with Crippen LogP contribution >= 0.6 is 0 Å². The molecule has 1 aliphatic heterocycles. The molecule has 19 heavy (non-hydrogen) atoms. The molecule has 2 N–H and O–H groups in total. The summed E-state index contributed by atoms with van der Waals surface area (Å²) in [6, 6.07) is 2.77. The molecule has 1 aromatic heterocycles. The predicted molar refractivity (Wildman–Crippen MR) is 64.5 cm³/mol. The van der Waals surface area contributed by atoms with Crippen molar-refractivity contribution in [3.05, 3.63) is 24.2 Å². The minimum absolute atomic E-state index is 0.117. The van der Waals surface area contributed by atoms with E-state index in [1.54, 1.807) is 12.1 Å². The van der Waals surface area contributed by atoms with E-state index in [1.807, 2.05) is 0 Å². The van der Waals surface area contributed by atoms with Crippen molar-refractivity contribution in [2.24, 2.45) is 0 Å². The summed E-state index contributed by atoms with van der Waals surface area (Å²) >= 11 is 0. The average Bonchev–Trinajstić information content (AvgIpc) is 2.89. The Morgan fingerprint density at radius 1 is 1.53 bits per heavy atom. The number of carbonyl (C=O) groups excluding carboxylic acids is 1. The third-order valence-corrected chi connectivity index (χ3v) is 2.89. The molecule has 0 saturated carbocycles. The molecule has 1 atom stereocenters. The summed E-state index contributed by atoms with van der Waals surface area (Å²) < 4.78 is 10.3. The molecule has 0 aliphatic carbocycles. The van der Waals surface area contributed by atoms with E-state index in [0.717, 1.165) is 0 Å². The number of aliphatic carboxylic acids is 1. The standard InChI is InChI=1S/C12H16N2O5/c15-11(16)6-9-8-18-5-3-14(9)12(17)13-7-10-2-1-4-19-10/h1-2,4,9H,3,5-8H2,(H,13,17)(H,15,16). The van der Waals surface area contributed by atoms with E-state index in [2.05, 4.69) is 5.32 Å². The van der Waals surface area contributed by atoms with Crippen LogP contribution in [0.1, 0.15) is 12.2 Å². The van der Waals surface area contributed by atoms with Crippen LogP contribution in [0.3, 0.4) is 0 Å². The van der Waals surface area contributed by atoms with E-state index in [-0.39, 0.29) is 25.6 Å². The number of urea groups is 1. The van der Waals surface area contributed by atoms with Crippen LogP contribution in [0.2, 0.25) is 0 Å². The van der Waals surface area contributed by atoms with Gasteiger partial charge in [0.2, 0.25) is 0 Å². The minimum atomic E-state index is -0.945. The second kappa shape index (κ2) is 6.24. The predicted octanol–water partition coefficient (Wildman–Crippen LogP) is 0.665. The molecule has 0 bridgehead atoms. The summed E-state index contributed by atoms with van der Waals surface area (Å²) in [5.74, 6) is -0.296. The molecule has 7 nitrogen and oxygen atoms in total. The number of carboxylic acid groups (broad SMARTS) is 1. The number of nitrogens with one attached hydrogen (secondary N) is 1. The van der Waals surface area contributed by atoms with Crippen LogP contribution in [0.5, 0.6) is 0 Å². The van der Waals surface area contributed by atoms with Gasteiger partial charge < -0.3 is 24.5 Å². The Kier molecular flexibility index (Phi) is 4.40. The zero-order valence-corrected chi connectivity index (χ0v) is 10.4. The first kappa shape index (κ1) is 13.4. The highest BCUT2D eigenvalue weighted by Gasteiger charge is 2.29. The topological polar surface area (TPSA) is 92.0 Å². The molecule has 1 saturated heterocycles. The van der Waals surface area contributed by atoms with E-state index in [4.69, 9.17) is 14.3 Å². The Morgan fingerprint density at radius 2 is 2.37 bits per heavy atom. The number of ether oxygens (including phenoxy) is 1. The summed E-state index contributed by atoms with van der Waals surface area (Å²) in [6.07, 6.45) is 1.41. The normalized spacial score (nSPS) is 19.2. The quantitative estimate of drug-likeness (QED) is 0.837. The van der Waals surface area contributed by atoms with Gasteiger partial charge in [0.25, 0.3) is 0 Å². The first-order chi connectivity index (χ1) is 9.16. The van der Waals surface area contributed by atoms with E-state index in [9.17, 15) is 9.59 Å². The van der Waals surface area contributed by atoms with Crippen LogP contribution in [0.4, 0.5) is 4.79 Å². The fourth-order valence-corrected chi connectivity index (χ4v) is 1.97. The Labute approximate surface area is 110 Å². The largest absolute Gasteiger partial charge is 0.481 e. The maximum Gasteiger partial charge on any atom is 0.318 e. The van der Waals surface area contributed by atoms with E-state index in [1.165, 1.54) is 11.2 Å². The third kappa shape index (κ3) is 3.72. The molecule has 0 aromatic carbocycles. The first-order valence-electron chi connectivity index (χ1n) is 6.03. The molecule has 1 aliphatic rings. The number of morpholine rings is 1. The van der Waals surface area contributed by atoms with Crippen LogP contribution in [-0.2, 0) is 16.1 Å². The van der Waals surface area contributed by atoms with Crippen LogP contribution in [0.25, 0.3) is 0 Å². The molecule has 7 heteroatoms. The Balaban J connectivity index is 1.89. The number of carboxylic acids is 1. The van der Waals surface area contributed by atoms with Crippen LogP contribution in [0.15, 0.2) is 22.8 Å². The van der Waals surface area contributed by atoms with Gasteiger partial charge in [0.1, 0.15) is 5.76 Å². The second-order valence-corrected chi connectivity index (χ2v) is 4.26. The van der Waals surface area contributed by atoms with Gasteiger partial charge >= 0.3 is 12.0 Å². The highest BCUT2D eigenvalue weighted by molar-refractivity contribution is 5.76. The Bertz CT molecular complexity index is 431. The molecule has 2 amide bonds. The monoisotopic (exact) mass is 268 g/mol. The Morgan fingerprint density at radius 3 is 3.05 bits per heavy atom. The lowest BCUT2D eigenvalue weighted by molar-refractivity contribution is -0.139. The van der Waals surface area contributed by atoms with Gasteiger partial charge in [0, 0.05) is 6.54 Å². The van der Waals surface area contributed by atoms with Crippen molar-refractivity contribution < 1.29 is 23.8 Å². The fraction of sp³-hybridized carbons (Fsp3) is 0.500. The summed E-state index contributed by atoms with van der Waals surface area (Å²) in [4.78, 5) is 24.3. The lowest BCUT2D eigenvalue weighted by Crippen LogP contribution is -2.52. The van der Waals surface area contributed by atoms with Crippen molar-refractivity contribution in [1.82, 2.24) is 10.2 Å². The number of nitrogens with zero attached hydrogens (tertiary/aromatic N) is 1. The van der Waals surface area contributed by atoms with Gasteiger partial charge in [0.05, 0.1) is 38.5 Å². The number of furan rings is 1. The van der Waals surface area contributed by atoms with Crippen molar-refractivity contribution >= 4 is 12.0 Å². The van der Waals surface area contributed by atoms with Gasteiger partial charge in [-0.2, -0.15) is 0 Å². The van der Waals surface area contributed by atoms with Crippen LogP contribution in [-0.4, -0.2) is 47.8 Å². The molecule has 0 spiro atoms. The van der Waals surface area contributed by atoms with Crippen LogP contribution < -0.4 is 5.32 Å². The highest BCUT2D eigenvalue weighted by atomic mass is 16.5. The van der Waals surface area contributed by atoms with Gasteiger partial charge in [-0.1, -0.05) is 0 Å². The molecule has 2 rings (SSSR count). The van der Waals surface area contributed by atoms with Crippen molar-refractivity contribution in [3.8, 4) is 0 Å². The minimum Gasteiger partial charge on any atom is -0.481 e. The summed E-state index contributed by atoms with van der Waals surface area (Å²) in [5, 5.41) is 11.5. The maximum absolute atomic E-state index is 12.0. The summed E-state index contributed by atoms with van der Waals surface area (Å²) in [7, 11) is 0. The number of amides is 2. The van der Waals surface area contributed by atoms with Crippen LogP contribution in [0, 0.1) is 0 Å². The number of rotatable bonds is 4. The van der Waals surface area contributed by atoms with Crippen molar-refractivity contribution in [3.63, 3.8) is 0 Å². The summed E-state index contributed by atoms with van der Waals surface area (Å²) in [5.41, 5.74) is 0. The SMILES string of the molecule is O=C(O)CC1COCCN1C(=O)NCc1ccco1. The van der Waals surface area contributed by atoms with E-state index >= 15 is 0 Å². The number of carbonyl (C=O) groups is 2. The fourth-order valence-electron chi connectivity index (χ4n) is 1.97. The van der Waals surface area contributed by atoms with Gasteiger partial charge in [-0.05, 0) is 12.1 Å². The van der Waals surface area contributed by atoms with Crippen molar-refractivity contribution in [2.45, 2.75) is 19.0 Å². The Hall–Kier alpha value is -2.02. The summed E-state index contributed by atoms with van der Waals surface area (Å²) in [6.45, 7) is 1.34. The third-order valence-electron chi connectivity index (χ3n) is 2.89. The van der Waals surface area contributed by atoms with E-state index in [0.29, 0.717) is 18.9 Å². The molecular formula is C12H16N2O5. The maximum atomic E-state index is 12.0. The van der Waals surface area contributed by atoms with E-state index < -0.39 is 12.0 Å². The van der Waals surface area contributed by atoms with Gasteiger partial charge in [-0.3, -0.25) is 4.79 Å². The smallest absolute Gasteiger partial charge is 0.318 e. The first-order valence-corrected chi connectivity index (χ1v) is 6.03. The number of hydrogen-bond acceptors (Lipinski definition) is 4. The van der Waals surface area contributed by atoms with Crippen molar-refractivity contribution in [1.29, 1.82) is 0 Å². The van der Waals surface area contributed by atoms with Gasteiger partial charge in [0.15, 0.2) is 0 Å². The molecule has 2 heterocycles. The molecule has 1 aromatic rings.